The summed E-state index contributed by atoms with van der Waals surface area (Å²) in [5.41, 5.74) is 2.92. The van der Waals surface area contributed by atoms with Gasteiger partial charge in [-0.3, -0.25) is 4.79 Å². The molecule has 1 aliphatic rings. The molecule has 1 N–H and O–H groups in total. The molecule has 0 spiro atoms. The second-order valence-electron chi connectivity index (χ2n) is 5.32. The number of hydrogen-bond donors (Lipinski definition) is 1. The van der Waals surface area contributed by atoms with Crippen LogP contribution >= 0.6 is 11.6 Å². The van der Waals surface area contributed by atoms with Gasteiger partial charge < -0.3 is 10.2 Å². The molecule has 3 nitrogen and oxygen atoms in total. The minimum absolute atomic E-state index is 0.119. The van der Waals surface area contributed by atoms with Crippen molar-refractivity contribution in [3.63, 3.8) is 0 Å². The van der Waals surface area contributed by atoms with Crippen LogP contribution in [-0.4, -0.2) is 30.4 Å². The highest BCUT2D eigenvalue weighted by atomic mass is 35.5. The molecule has 1 amide bonds. The third-order valence-corrected chi connectivity index (χ3v) is 4.06. The Morgan fingerprint density at radius 1 is 1.14 bits per heavy atom. The van der Waals surface area contributed by atoms with Crippen molar-refractivity contribution < 1.29 is 9.18 Å². The number of hydrogen-bond acceptors (Lipinski definition) is 2. The van der Waals surface area contributed by atoms with Crippen LogP contribution in [0.2, 0.25) is 5.02 Å². The summed E-state index contributed by atoms with van der Waals surface area (Å²) in [5.74, 6) is -0.292. The summed E-state index contributed by atoms with van der Waals surface area (Å²) in [5, 5.41) is 3.17. The molecule has 5 heteroatoms. The van der Waals surface area contributed by atoms with Crippen molar-refractivity contribution in [1.82, 2.24) is 10.2 Å². The maximum Gasteiger partial charge on any atom is 0.236 e. The molecular weight excluding hydrogens is 303 g/mol. The van der Waals surface area contributed by atoms with Gasteiger partial charge in [-0.25, -0.2) is 4.39 Å². The van der Waals surface area contributed by atoms with Crippen LogP contribution in [0.25, 0.3) is 11.1 Å². The molecule has 0 saturated carbocycles. The van der Waals surface area contributed by atoms with E-state index in [4.69, 9.17) is 11.6 Å². The highest BCUT2D eigenvalue weighted by molar-refractivity contribution is 6.31. The van der Waals surface area contributed by atoms with Gasteiger partial charge in [-0.05, 0) is 28.8 Å². The average molecular weight is 319 g/mol. The predicted molar refractivity (Wildman–Crippen MR) is 85.1 cm³/mol. The van der Waals surface area contributed by atoms with Gasteiger partial charge in [0.2, 0.25) is 5.91 Å². The first-order chi connectivity index (χ1) is 10.6. The topological polar surface area (TPSA) is 32.3 Å². The number of nitrogens with one attached hydrogen (secondary N) is 1. The summed E-state index contributed by atoms with van der Waals surface area (Å²) in [6.07, 6.45) is 0. The SMILES string of the molecule is O=C1CNCCN1Cc1ccc(-c2ccc(F)c(Cl)c2)cc1. The molecule has 1 saturated heterocycles. The monoisotopic (exact) mass is 318 g/mol. The molecule has 1 fully saturated rings. The Balaban J connectivity index is 1.74. The Kier molecular flexibility index (Phi) is 4.41. The number of amides is 1. The zero-order valence-corrected chi connectivity index (χ0v) is 12.7. The van der Waals surface area contributed by atoms with Gasteiger partial charge >= 0.3 is 0 Å². The van der Waals surface area contributed by atoms with Crippen LogP contribution < -0.4 is 5.32 Å². The number of carbonyl (C=O) groups is 1. The van der Waals surface area contributed by atoms with Gasteiger partial charge in [0.1, 0.15) is 5.82 Å². The van der Waals surface area contributed by atoms with E-state index in [2.05, 4.69) is 5.32 Å². The van der Waals surface area contributed by atoms with E-state index in [0.717, 1.165) is 29.8 Å². The zero-order chi connectivity index (χ0) is 15.5. The maximum absolute atomic E-state index is 13.2. The zero-order valence-electron chi connectivity index (χ0n) is 12.0. The summed E-state index contributed by atoms with van der Waals surface area (Å²) < 4.78 is 13.2. The maximum atomic E-state index is 13.2. The van der Waals surface area contributed by atoms with Crippen molar-refractivity contribution in [2.45, 2.75) is 6.54 Å². The molecule has 0 atom stereocenters. The van der Waals surface area contributed by atoms with Gasteiger partial charge in [-0.2, -0.15) is 0 Å². The first-order valence-corrected chi connectivity index (χ1v) is 7.54. The number of nitrogens with zero attached hydrogens (tertiary/aromatic N) is 1. The number of carbonyl (C=O) groups excluding carboxylic acids is 1. The van der Waals surface area contributed by atoms with Gasteiger partial charge in [-0.1, -0.05) is 41.9 Å². The van der Waals surface area contributed by atoms with E-state index in [9.17, 15) is 9.18 Å². The third kappa shape index (κ3) is 3.29. The summed E-state index contributed by atoms with van der Waals surface area (Å²) >= 11 is 5.81. The number of benzene rings is 2. The van der Waals surface area contributed by atoms with Gasteiger partial charge in [0.05, 0.1) is 11.6 Å². The largest absolute Gasteiger partial charge is 0.336 e. The van der Waals surface area contributed by atoms with Crippen LogP contribution in [0.1, 0.15) is 5.56 Å². The van der Waals surface area contributed by atoms with Gasteiger partial charge in [-0.15, -0.1) is 0 Å². The summed E-state index contributed by atoms with van der Waals surface area (Å²) in [7, 11) is 0. The lowest BCUT2D eigenvalue weighted by Gasteiger charge is -2.27. The highest BCUT2D eigenvalue weighted by Crippen LogP contribution is 2.25. The number of rotatable bonds is 3. The average Bonchev–Trinajstić information content (AvgIpc) is 2.53. The van der Waals surface area contributed by atoms with Crippen molar-refractivity contribution in [2.75, 3.05) is 19.6 Å². The van der Waals surface area contributed by atoms with Crippen LogP contribution in [0, 0.1) is 5.82 Å². The fourth-order valence-electron chi connectivity index (χ4n) is 2.51. The molecule has 0 bridgehead atoms. The molecule has 0 radical (unpaired) electrons. The van der Waals surface area contributed by atoms with Crippen molar-refractivity contribution in [3.8, 4) is 11.1 Å². The lowest BCUT2D eigenvalue weighted by Crippen LogP contribution is -2.47. The quantitative estimate of drug-likeness (QED) is 0.943. The highest BCUT2D eigenvalue weighted by Gasteiger charge is 2.17. The van der Waals surface area contributed by atoms with Crippen molar-refractivity contribution in [2.24, 2.45) is 0 Å². The van der Waals surface area contributed by atoms with Gasteiger partial charge in [0, 0.05) is 19.6 Å². The molecule has 22 heavy (non-hydrogen) atoms. The van der Waals surface area contributed by atoms with E-state index in [1.54, 1.807) is 12.1 Å². The van der Waals surface area contributed by atoms with E-state index >= 15 is 0 Å². The van der Waals surface area contributed by atoms with Crippen LogP contribution in [-0.2, 0) is 11.3 Å². The molecule has 2 aromatic rings. The van der Waals surface area contributed by atoms with Crippen LogP contribution in [0.15, 0.2) is 42.5 Å². The Bertz CT molecular complexity index is 688. The minimum atomic E-state index is -0.417. The van der Waals surface area contributed by atoms with E-state index < -0.39 is 5.82 Å². The fourth-order valence-corrected chi connectivity index (χ4v) is 2.69. The summed E-state index contributed by atoms with van der Waals surface area (Å²) in [4.78, 5) is 13.6. The van der Waals surface area contributed by atoms with Crippen LogP contribution in [0.3, 0.4) is 0 Å². The molecular formula is C17H16ClFN2O. The Morgan fingerprint density at radius 3 is 2.55 bits per heavy atom. The first-order valence-electron chi connectivity index (χ1n) is 7.16. The summed E-state index contributed by atoms with van der Waals surface area (Å²) in [6.45, 7) is 2.59. The molecule has 0 aliphatic carbocycles. The van der Waals surface area contributed by atoms with Crippen molar-refractivity contribution in [3.05, 3.63) is 58.9 Å². The smallest absolute Gasteiger partial charge is 0.236 e. The lowest BCUT2D eigenvalue weighted by atomic mass is 10.0. The van der Waals surface area contributed by atoms with Crippen molar-refractivity contribution >= 4 is 17.5 Å². The van der Waals surface area contributed by atoms with Crippen LogP contribution in [0.5, 0.6) is 0 Å². The number of halogens is 2. The summed E-state index contributed by atoms with van der Waals surface area (Å²) in [6, 6.07) is 12.6. The van der Waals surface area contributed by atoms with Crippen LogP contribution in [0.4, 0.5) is 4.39 Å². The number of piperazine rings is 1. The molecule has 0 unspecified atom stereocenters. The second-order valence-corrected chi connectivity index (χ2v) is 5.73. The van der Waals surface area contributed by atoms with Gasteiger partial charge in [0.25, 0.3) is 0 Å². The molecule has 1 heterocycles. The second kappa shape index (κ2) is 6.46. The van der Waals surface area contributed by atoms with E-state index in [0.29, 0.717) is 13.1 Å². The fraction of sp³-hybridized carbons (Fsp3) is 0.235. The Hall–Kier alpha value is -1.91. The Morgan fingerprint density at radius 2 is 1.86 bits per heavy atom. The Labute approximate surface area is 133 Å². The standard InChI is InChI=1S/C17H16ClFN2O/c18-15-9-14(5-6-16(15)19)13-3-1-12(2-4-13)11-21-8-7-20-10-17(21)22/h1-6,9,20H,7-8,10-11H2. The van der Waals surface area contributed by atoms with E-state index in [-0.39, 0.29) is 10.9 Å². The molecule has 0 aromatic heterocycles. The van der Waals surface area contributed by atoms with Crippen molar-refractivity contribution in [1.29, 1.82) is 0 Å². The molecule has 2 aromatic carbocycles. The lowest BCUT2D eigenvalue weighted by molar-refractivity contribution is -0.132. The molecule has 3 rings (SSSR count). The van der Waals surface area contributed by atoms with Gasteiger partial charge in [0.15, 0.2) is 0 Å². The molecule has 1 aliphatic heterocycles. The predicted octanol–water partition coefficient (Wildman–Crippen LogP) is 3.08. The minimum Gasteiger partial charge on any atom is -0.336 e. The van der Waals surface area contributed by atoms with E-state index in [1.807, 2.05) is 29.2 Å². The third-order valence-electron chi connectivity index (χ3n) is 3.77. The first kappa shape index (κ1) is 15.0. The molecule has 114 valence electrons. The van der Waals surface area contributed by atoms with E-state index in [1.165, 1.54) is 6.07 Å². The normalized spacial score (nSPS) is 15.2.